The molecule has 0 bridgehead atoms. The van der Waals surface area contributed by atoms with Crippen LogP contribution in [0.1, 0.15) is 38.2 Å². The van der Waals surface area contributed by atoms with Crippen molar-refractivity contribution >= 4 is 40.7 Å². The van der Waals surface area contributed by atoms with Gasteiger partial charge in [0.25, 0.3) is 0 Å². The Balaban J connectivity index is 1.50. The van der Waals surface area contributed by atoms with E-state index in [1.54, 1.807) is 37.3 Å². The van der Waals surface area contributed by atoms with Crippen molar-refractivity contribution in [3.8, 4) is 5.75 Å². The Morgan fingerprint density at radius 1 is 1.02 bits per heavy atom. The van der Waals surface area contributed by atoms with Crippen molar-refractivity contribution in [3.63, 3.8) is 0 Å². The van der Waals surface area contributed by atoms with Gasteiger partial charge >= 0.3 is 0 Å². The molecule has 1 saturated carbocycles. The number of fused-ring (bicyclic) bond motifs is 4. The fraction of sp³-hybridized carbons (Fsp3) is 0.375. The maximum atomic E-state index is 14.0. The zero-order valence-corrected chi connectivity index (χ0v) is 23.1. The Bertz CT molecular complexity index is 1490. The fourth-order valence-electron chi connectivity index (χ4n) is 7.59. The molecule has 0 unspecified atom stereocenters. The van der Waals surface area contributed by atoms with E-state index < -0.39 is 35.0 Å². The van der Waals surface area contributed by atoms with E-state index in [4.69, 9.17) is 16.3 Å². The summed E-state index contributed by atoms with van der Waals surface area (Å²) < 4.78 is 5.91. The van der Waals surface area contributed by atoms with Crippen molar-refractivity contribution in [2.45, 2.75) is 32.6 Å². The number of hydrogen-bond acceptors (Lipinski definition) is 6. The van der Waals surface area contributed by atoms with Crippen molar-refractivity contribution in [1.82, 2.24) is 0 Å². The zero-order valence-electron chi connectivity index (χ0n) is 22.3. The molecule has 6 atom stereocenters. The molecule has 2 amide bonds. The monoisotopic (exact) mass is 559 g/mol. The maximum absolute atomic E-state index is 14.0. The number of imide groups is 1. The van der Waals surface area contributed by atoms with Crippen LogP contribution >= 0.6 is 11.6 Å². The van der Waals surface area contributed by atoms with Crippen LogP contribution in [0, 0.1) is 29.1 Å². The first-order valence-electron chi connectivity index (χ1n) is 13.6. The number of allylic oxidation sites excluding steroid dienone is 4. The van der Waals surface area contributed by atoms with Crippen LogP contribution in [-0.4, -0.2) is 41.7 Å². The van der Waals surface area contributed by atoms with Gasteiger partial charge in [-0.2, -0.15) is 0 Å². The van der Waals surface area contributed by atoms with Gasteiger partial charge in [0.1, 0.15) is 12.4 Å². The summed E-state index contributed by atoms with van der Waals surface area (Å²) in [6.45, 7) is 3.43. The molecule has 7 nitrogen and oxygen atoms in total. The van der Waals surface area contributed by atoms with Crippen LogP contribution in [0.25, 0.3) is 0 Å². The van der Waals surface area contributed by atoms with Gasteiger partial charge in [0.2, 0.25) is 11.8 Å². The molecule has 1 aliphatic heterocycles. The minimum Gasteiger partial charge on any atom is -0.491 e. The van der Waals surface area contributed by atoms with Crippen molar-refractivity contribution in [2.75, 3.05) is 18.1 Å². The van der Waals surface area contributed by atoms with Gasteiger partial charge in [0.15, 0.2) is 11.6 Å². The summed E-state index contributed by atoms with van der Waals surface area (Å²) in [7, 11) is 0. The molecule has 4 aliphatic rings. The quantitative estimate of drug-likeness (QED) is 0.422. The number of rotatable bonds is 5. The maximum Gasteiger partial charge on any atom is 0.238 e. The Kier molecular flexibility index (Phi) is 6.55. The van der Waals surface area contributed by atoms with E-state index in [0.29, 0.717) is 34.9 Å². The smallest absolute Gasteiger partial charge is 0.238 e. The number of Topliss-reactive ketones (excluding diaryl/α,β-unsaturated/α-hetero) is 1. The third-order valence-electron chi connectivity index (χ3n) is 9.31. The summed E-state index contributed by atoms with van der Waals surface area (Å²) in [4.78, 5) is 56.4. The predicted molar refractivity (Wildman–Crippen MR) is 149 cm³/mol. The van der Waals surface area contributed by atoms with Crippen LogP contribution in [-0.2, 0) is 19.2 Å². The summed E-state index contributed by atoms with van der Waals surface area (Å²) in [5, 5.41) is 9.94. The fourth-order valence-corrected chi connectivity index (χ4v) is 7.72. The molecule has 2 fully saturated rings. The number of halogens is 1. The second-order valence-corrected chi connectivity index (χ2v) is 11.8. The second kappa shape index (κ2) is 9.82. The standard InChI is InChI=1S/C32H30ClNO6/c1-17-15-25(36)24-16-23-20(28(32(24,2)29(17)37)21-5-3-4-6-26(21)40-14-13-35)11-12-22-27(23)31(39)34(30(22)38)19-9-7-18(33)8-10-19/h3-11,15,22-24,27-28,35H,12-14,16H2,1-2H3/t22-,23+,24-,27-,28+,32+/m0/s1. The van der Waals surface area contributed by atoms with E-state index in [2.05, 4.69) is 0 Å². The minimum absolute atomic E-state index is 0.0753. The Hall–Kier alpha value is -3.55. The molecule has 0 radical (unpaired) electrons. The first-order valence-corrected chi connectivity index (χ1v) is 14.0. The van der Waals surface area contributed by atoms with Crippen molar-refractivity contribution in [3.05, 3.63) is 82.4 Å². The van der Waals surface area contributed by atoms with Gasteiger partial charge in [-0.1, -0.05) is 48.4 Å². The third-order valence-corrected chi connectivity index (χ3v) is 9.56. The van der Waals surface area contributed by atoms with E-state index in [1.807, 2.05) is 31.2 Å². The van der Waals surface area contributed by atoms with Gasteiger partial charge in [-0.15, -0.1) is 0 Å². The van der Waals surface area contributed by atoms with Crippen molar-refractivity contribution in [1.29, 1.82) is 0 Å². The van der Waals surface area contributed by atoms with E-state index in [0.717, 1.165) is 11.1 Å². The number of carbonyl (C=O) groups excluding carboxylic acids is 4. The Morgan fingerprint density at radius 3 is 2.48 bits per heavy atom. The average Bonchev–Trinajstić information content (AvgIpc) is 3.20. The molecular weight excluding hydrogens is 530 g/mol. The highest BCUT2D eigenvalue weighted by atomic mass is 35.5. The number of aliphatic hydroxyl groups excluding tert-OH is 1. The molecule has 0 aromatic heterocycles. The van der Waals surface area contributed by atoms with E-state index in [-0.39, 0.29) is 36.6 Å². The molecule has 206 valence electrons. The van der Waals surface area contributed by atoms with E-state index in [9.17, 15) is 24.3 Å². The van der Waals surface area contributed by atoms with Crippen LogP contribution in [0.5, 0.6) is 5.75 Å². The molecule has 3 aliphatic carbocycles. The highest BCUT2D eigenvalue weighted by Gasteiger charge is 2.63. The van der Waals surface area contributed by atoms with Crippen molar-refractivity contribution < 1.29 is 29.0 Å². The van der Waals surface area contributed by atoms with Crippen LogP contribution in [0.2, 0.25) is 5.02 Å². The van der Waals surface area contributed by atoms with Crippen molar-refractivity contribution in [2.24, 2.45) is 29.1 Å². The highest BCUT2D eigenvalue weighted by molar-refractivity contribution is 6.31. The Labute approximate surface area is 237 Å². The lowest BCUT2D eigenvalue weighted by Gasteiger charge is -2.53. The summed E-state index contributed by atoms with van der Waals surface area (Å²) in [6, 6.07) is 14.0. The third kappa shape index (κ3) is 3.82. The van der Waals surface area contributed by atoms with Crippen LogP contribution in [0.4, 0.5) is 5.69 Å². The normalized spacial score (nSPS) is 31.3. The lowest BCUT2D eigenvalue weighted by atomic mass is 9.47. The Morgan fingerprint density at radius 2 is 1.75 bits per heavy atom. The van der Waals surface area contributed by atoms with Crippen LogP contribution < -0.4 is 9.64 Å². The average molecular weight is 560 g/mol. The van der Waals surface area contributed by atoms with Gasteiger partial charge in [-0.05, 0) is 67.7 Å². The molecule has 2 aromatic rings. The lowest BCUT2D eigenvalue weighted by molar-refractivity contribution is -0.141. The number of anilines is 1. The zero-order chi connectivity index (χ0) is 28.3. The first kappa shape index (κ1) is 26.7. The molecule has 1 saturated heterocycles. The molecule has 40 heavy (non-hydrogen) atoms. The largest absolute Gasteiger partial charge is 0.491 e. The number of ether oxygens (including phenoxy) is 1. The first-order chi connectivity index (χ1) is 19.2. The summed E-state index contributed by atoms with van der Waals surface area (Å²) in [5.41, 5.74) is 1.43. The number of ketones is 2. The van der Waals surface area contributed by atoms with Crippen LogP contribution in [0.15, 0.2) is 71.8 Å². The second-order valence-electron chi connectivity index (χ2n) is 11.3. The summed E-state index contributed by atoms with van der Waals surface area (Å²) >= 11 is 6.05. The topological polar surface area (TPSA) is 101 Å². The lowest BCUT2D eigenvalue weighted by Crippen LogP contribution is -2.54. The predicted octanol–water partition coefficient (Wildman–Crippen LogP) is 4.67. The molecule has 6 rings (SSSR count). The summed E-state index contributed by atoms with van der Waals surface area (Å²) in [5.74, 6) is -3.05. The highest BCUT2D eigenvalue weighted by Crippen LogP contribution is 2.63. The van der Waals surface area contributed by atoms with E-state index >= 15 is 0 Å². The van der Waals surface area contributed by atoms with Gasteiger partial charge in [-0.25, -0.2) is 0 Å². The molecular formula is C32H30ClNO6. The molecule has 0 spiro atoms. The van der Waals surface area contributed by atoms with Gasteiger partial charge in [-0.3, -0.25) is 24.1 Å². The molecule has 8 heteroatoms. The number of amides is 2. The number of carbonyl (C=O) groups is 4. The SMILES string of the molecule is CC1=CC(=O)[C@@H]2C[C@@H]3C(=CC[C@@H]4C(=O)N(c5ccc(Cl)cc5)C(=O)[C@@H]43)[C@H](c3ccccc3OCCO)[C@]2(C)C1=O. The number of benzene rings is 2. The molecule has 2 aromatic carbocycles. The van der Waals surface area contributed by atoms with Gasteiger partial charge in [0.05, 0.1) is 29.5 Å². The number of para-hydroxylation sites is 1. The van der Waals surface area contributed by atoms with E-state index in [1.165, 1.54) is 11.0 Å². The molecule has 1 heterocycles. The van der Waals surface area contributed by atoms with Gasteiger partial charge < -0.3 is 9.84 Å². The molecule has 1 N–H and O–H groups in total. The minimum atomic E-state index is -1.09. The number of aliphatic hydroxyl groups is 1. The number of hydrogen-bond donors (Lipinski definition) is 1. The van der Waals surface area contributed by atoms with Gasteiger partial charge in [0, 0.05) is 22.4 Å². The summed E-state index contributed by atoms with van der Waals surface area (Å²) in [6.07, 6.45) is 4.11. The van der Waals surface area contributed by atoms with Crippen LogP contribution in [0.3, 0.4) is 0 Å². The number of nitrogens with zero attached hydrogens (tertiary/aromatic N) is 1.